The van der Waals surface area contributed by atoms with Crippen LogP contribution >= 0.6 is 0 Å². The van der Waals surface area contributed by atoms with Gasteiger partial charge in [-0.05, 0) is 36.9 Å². The molecule has 1 rings (SSSR count). The van der Waals surface area contributed by atoms with Crippen LogP contribution < -0.4 is 10.0 Å². The zero-order valence-electron chi connectivity index (χ0n) is 13.7. The van der Waals surface area contributed by atoms with Gasteiger partial charge < -0.3 is 5.32 Å². The average molecular weight is 312 g/mol. The Kier molecular flexibility index (Phi) is 6.38. The van der Waals surface area contributed by atoms with Gasteiger partial charge in [-0.25, -0.2) is 13.1 Å². The number of sulfonamides is 1. The molecule has 0 amide bonds. The largest absolute Gasteiger partial charge is 0.313 e. The maximum atomic E-state index is 12.6. The molecule has 1 aromatic carbocycles. The highest BCUT2D eigenvalue weighted by molar-refractivity contribution is 7.89. The molecule has 0 saturated carbocycles. The van der Waals surface area contributed by atoms with Crippen LogP contribution in [0, 0.1) is 5.41 Å². The van der Waals surface area contributed by atoms with E-state index < -0.39 is 10.0 Å². The molecule has 0 aliphatic carbocycles. The van der Waals surface area contributed by atoms with Crippen LogP contribution in [0.2, 0.25) is 0 Å². The van der Waals surface area contributed by atoms with Gasteiger partial charge in [0.1, 0.15) is 0 Å². The molecule has 0 saturated heterocycles. The Labute approximate surface area is 129 Å². The minimum absolute atomic E-state index is 0.123. The zero-order valence-corrected chi connectivity index (χ0v) is 14.5. The molecule has 1 unspecified atom stereocenters. The molecular formula is C16H28N2O2S. The van der Waals surface area contributed by atoms with Crippen molar-refractivity contribution in [2.24, 2.45) is 5.41 Å². The van der Waals surface area contributed by atoms with E-state index >= 15 is 0 Å². The average Bonchev–Trinajstić information content (AvgIpc) is 2.38. The van der Waals surface area contributed by atoms with E-state index in [4.69, 9.17) is 0 Å². The number of nitrogens with one attached hydrogen (secondary N) is 2. The fourth-order valence-electron chi connectivity index (χ4n) is 1.78. The fourth-order valence-corrected chi connectivity index (χ4v) is 3.47. The van der Waals surface area contributed by atoms with Crippen LogP contribution in [0.3, 0.4) is 0 Å². The summed E-state index contributed by atoms with van der Waals surface area (Å²) in [5.74, 6) is 0. The molecule has 1 aromatic rings. The molecular weight excluding hydrogens is 284 g/mol. The Bertz CT molecular complexity index is 548. The first-order valence-corrected chi connectivity index (χ1v) is 8.97. The molecule has 120 valence electrons. The summed E-state index contributed by atoms with van der Waals surface area (Å²) in [5.41, 5.74) is 0.683. The highest BCUT2D eigenvalue weighted by Crippen LogP contribution is 2.22. The van der Waals surface area contributed by atoms with E-state index in [1.165, 1.54) is 0 Å². The standard InChI is InChI=1S/C16H28N2O2S/c1-6-11-17-12-14-9-7-8-10-15(14)21(19,20)18-13(2)16(3,4)5/h7-10,13,17-18H,6,11-12H2,1-5H3. The summed E-state index contributed by atoms with van der Waals surface area (Å²) in [6.07, 6.45) is 1.02. The summed E-state index contributed by atoms with van der Waals surface area (Å²) in [7, 11) is -3.50. The highest BCUT2D eigenvalue weighted by Gasteiger charge is 2.27. The third-order valence-corrected chi connectivity index (χ3v) is 5.28. The van der Waals surface area contributed by atoms with E-state index in [1.54, 1.807) is 12.1 Å². The van der Waals surface area contributed by atoms with Crippen molar-refractivity contribution < 1.29 is 8.42 Å². The summed E-state index contributed by atoms with van der Waals surface area (Å²) in [6, 6.07) is 7.02. The molecule has 0 fully saturated rings. The molecule has 0 spiro atoms. The van der Waals surface area contributed by atoms with Gasteiger partial charge in [0.05, 0.1) is 4.90 Å². The Morgan fingerprint density at radius 3 is 2.38 bits per heavy atom. The summed E-state index contributed by atoms with van der Waals surface area (Å²) >= 11 is 0. The van der Waals surface area contributed by atoms with Gasteiger partial charge in [-0.1, -0.05) is 45.9 Å². The monoisotopic (exact) mass is 312 g/mol. The van der Waals surface area contributed by atoms with Gasteiger partial charge in [0.2, 0.25) is 10.0 Å². The van der Waals surface area contributed by atoms with E-state index in [0.717, 1.165) is 18.5 Å². The lowest BCUT2D eigenvalue weighted by atomic mass is 9.89. The van der Waals surface area contributed by atoms with Crippen LogP contribution in [-0.2, 0) is 16.6 Å². The first-order valence-electron chi connectivity index (χ1n) is 7.49. The smallest absolute Gasteiger partial charge is 0.241 e. The Morgan fingerprint density at radius 1 is 1.19 bits per heavy atom. The van der Waals surface area contributed by atoms with Crippen LogP contribution in [-0.4, -0.2) is 21.0 Å². The molecule has 0 radical (unpaired) electrons. The first-order chi connectivity index (χ1) is 9.68. The topological polar surface area (TPSA) is 58.2 Å². The molecule has 21 heavy (non-hydrogen) atoms. The maximum absolute atomic E-state index is 12.6. The molecule has 0 aromatic heterocycles. The lowest BCUT2D eigenvalue weighted by molar-refractivity contribution is 0.317. The second-order valence-corrected chi connectivity index (χ2v) is 8.18. The number of hydrogen-bond acceptors (Lipinski definition) is 3. The van der Waals surface area contributed by atoms with E-state index in [-0.39, 0.29) is 11.5 Å². The van der Waals surface area contributed by atoms with Gasteiger partial charge >= 0.3 is 0 Å². The third kappa shape index (κ3) is 5.41. The second kappa shape index (κ2) is 7.38. The molecule has 0 bridgehead atoms. The summed E-state index contributed by atoms with van der Waals surface area (Å²) in [6.45, 7) is 11.5. The van der Waals surface area contributed by atoms with Gasteiger partial charge in [-0.3, -0.25) is 0 Å². The Morgan fingerprint density at radius 2 is 1.81 bits per heavy atom. The lowest BCUT2D eigenvalue weighted by Crippen LogP contribution is -2.41. The second-order valence-electron chi connectivity index (χ2n) is 6.49. The van der Waals surface area contributed by atoms with E-state index in [1.807, 2.05) is 39.8 Å². The van der Waals surface area contributed by atoms with Crippen molar-refractivity contribution >= 4 is 10.0 Å². The minimum Gasteiger partial charge on any atom is -0.313 e. The first kappa shape index (κ1) is 18.1. The SMILES string of the molecule is CCCNCc1ccccc1S(=O)(=O)NC(C)C(C)(C)C. The van der Waals surface area contributed by atoms with Crippen molar-refractivity contribution in [1.82, 2.24) is 10.0 Å². The molecule has 5 heteroatoms. The Hall–Kier alpha value is -0.910. The predicted molar refractivity (Wildman–Crippen MR) is 87.7 cm³/mol. The summed E-state index contributed by atoms with van der Waals surface area (Å²) in [4.78, 5) is 0.365. The summed E-state index contributed by atoms with van der Waals surface area (Å²) < 4.78 is 28.0. The van der Waals surface area contributed by atoms with Crippen molar-refractivity contribution in [2.75, 3.05) is 6.54 Å². The van der Waals surface area contributed by atoms with Gasteiger partial charge in [-0.15, -0.1) is 0 Å². The van der Waals surface area contributed by atoms with Gasteiger partial charge in [0.15, 0.2) is 0 Å². The molecule has 2 N–H and O–H groups in total. The Balaban J connectivity index is 2.97. The zero-order chi connectivity index (χ0) is 16.1. The highest BCUT2D eigenvalue weighted by atomic mass is 32.2. The normalized spacial score (nSPS) is 14.1. The summed E-state index contributed by atoms with van der Waals surface area (Å²) in [5, 5.41) is 3.26. The lowest BCUT2D eigenvalue weighted by Gasteiger charge is -2.28. The molecule has 4 nitrogen and oxygen atoms in total. The van der Waals surface area contributed by atoms with Crippen molar-refractivity contribution in [3.05, 3.63) is 29.8 Å². The minimum atomic E-state index is -3.50. The molecule has 0 aliphatic heterocycles. The van der Waals surface area contributed by atoms with Crippen molar-refractivity contribution in [3.63, 3.8) is 0 Å². The number of benzene rings is 1. The van der Waals surface area contributed by atoms with E-state index in [2.05, 4.69) is 17.0 Å². The number of hydrogen-bond donors (Lipinski definition) is 2. The van der Waals surface area contributed by atoms with Crippen LogP contribution in [0.1, 0.15) is 46.6 Å². The van der Waals surface area contributed by atoms with E-state index in [9.17, 15) is 8.42 Å². The van der Waals surface area contributed by atoms with Gasteiger partial charge in [0.25, 0.3) is 0 Å². The van der Waals surface area contributed by atoms with Crippen LogP contribution in [0.5, 0.6) is 0 Å². The van der Waals surface area contributed by atoms with Crippen molar-refractivity contribution in [1.29, 1.82) is 0 Å². The quantitative estimate of drug-likeness (QED) is 0.761. The third-order valence-electron chi connectivity index (χ3n) is 3.64. The predicted octanol–water partition coefficient (Wildman–Crippen LogP) is 2.90. The van der Waals surface area contributed by atoms with Crippen molar-refractivity contribution in [2.45, 2.75) is 58.5 Å². The van der Waals surface area contributed by atoms with Crippen LogP contribution in [0.4, 0.5) is 0 Å². The van der Waals surface area contributed by atoms with Gasteiger partial charge in [0, 0.05) is 12.6 Å². The molecule has 1 atom stereocenters. The molecule has 0 heterocycles. The molecule has 0 aliphatic rings. The fraction of sp³-hybridized carbons (Fsp3) is 0.625. The van der Waals surface area contributed by atoms with Crippen molar-refractivity contribution in [3.8, 4) is 0 Å². The number of rotatable bonds is 7. The van der Waals surface area contributed by atoms with Crippen LogP contribution in [0.25, 0.3) is 0 Å². The van der Waals surface area contributed by atoms with Gasteiger partial charge in [-0.2, -0.15) is 0 Å². The van der Waals surface area contributed by atoms with E-state index in [0.29, 0.717) is 11.4 Å². The maximum Gasteiger partial charge on any atom is 0.241 e. The van der Waals surface area contributed by atoms with Crippen LogP contribution in [0.15, 0.2) is 29.2 Å².